The second-order valence-corrected chi connectivity index (χ2v) is 3.97. The molecule has 0 heterocycles. The second-order valence-electron chi connectivity index (χ2n) is 3.97. The van der Waals surface area contributed by atoms with Crippen molar-refractivity contribution in [3.63, 3.8) is 0 Å². The summed E-state index contributed by atoms with van der Waals surface area (Å²) >= 11 is 0. The molecule has 0 atom stereocenters. The SMILES string of the molecule is CCC(CC)(CN)O/N=C/c1ccc(F)cc1.Cl. The molecule has 0 aliphatic rings. The molecule has 0 bridgehead atoms. The zero-order chi connectivity index (χ0) is 12.7. The minimum atomic E-state index is -0.392. The van der Waals surface area contributed by atoms with Crippen LogP contribution in [-0.4, -0.2) is 18.4 Å². The Morgan fingerprint density at radius 2 is 1.83 bits per heavy atom. The first-order valence-corrected chi connectivity index (χ1v) is 5.83. The van der Waals surface area contributed by atoms with Gasteiger partial charge < -0.3 is 10.6 Å². The summed E-state index contributed by atoms with van der Waals surface area (Å²) in [5.74, 6) is -0.263. The summed E-state index contributed by atoms with van der Waals surface area (Å²) in [6, 6.07) is 6.06. The molecular formula is C13H20ClFN2O. The molecule has 0 saturated heterocycles. The van der Waals surface area contributed by atoms with Crippen molar-refractivity contribution in [2.45, 2.75) is 32.3 Å². The highest BCUT2D eigenvalue weighted by atomic mass is 35.5. The lowest BCUT2D eigenvalue weighted by Gasteiger charge is -2.26. The van der Waals surface area contributed by atoms with E-state index in [1.807, 2.05) is 13.8 Å². The standard InChI is InChI=1S/C13H19FN2O.ClH/c1-3-13(4-2,10-15)17-16-9-11-5-7-12(14)8-6-11;/h5-9H,3-4,10,15H2,1-2H3;1H/b16-9+;. The van der Waals surface area contributed by atoms with Gasteiger partial charge in [-0.05, 0) is 30.5 Å². The van der Waals surface area contributed by atoms with Crippen LogP contribution >= 0.6 is 12.4 Å². The first-order chi connectivity index (χ1) is 8.15. The Kier molecular flexibility index (Phi) is 7.55. The van der Waals surface area contributed by atoms with Crippen LogP contribution in [0.25, 0.3) is 0 Å². The molecule has 0 aromatic heterocycles. The van der Waals surface area contributed by atoms with E-state index in [4.69, 9.17) is 10.6 Å². The molecule has 18 heavy (non-hydrogen) atoms. The fourth-order valence-corrected chi connectivity index (χ4v) is 1.45. The molecule has 0 fully saturated rings. The van der Waals surface area contributed by atoms with Crippen LogP contribution < -0.4 is 5.73 Å². The van der Waals surface area contributed by atoms with Crippen LogP contribution in [0.2, 0.25) is 0 Å². The molecule has 0 saturated carbocycles. The number of hydrogen-bond acceptors (Lipinski definition) is 3. The molecule has 102 valence electrons. The van der Waals surface area contributed by atoms with Gasteiger partial charge in [0, 0.05) is 6.54 Å². The largest absolute Gasteiger partial charge is 0.388 e. The maximum atomic E-state index is 12.7. The molecule has 0 aliphatic carbocycles. The summed E-state index contributed by atoms with van der Waals surface area (Å²) < 4.78 is 12.7. The van der Waals surface area contributed by atoms with Crippen LogP contribution in [0.3, 0.4) is 0 Å². The normalized spacial score (nSPS) is 11.3. The Hall–Kier alpha value is -1.13. The molecule has 0 aliphatic heterocycles. The van der Waals surface area contributed by atoms with Crippen LogP contribution in [-0.2, 0) is 4.84 Å². The Balaban J connectivity index is 0.00000289. The van der Waals surface area contributed by atoms with Gasteiger partial charge in [0.15, 0.2) is 0 Å². The van der Waals surface area contributed by atoms with E-state index >= 15 is 0 Å². The van der Waals surface area contributed by atoms with Crippen molar-refractivity contribution < 1.29 is 9.23 Å². The van der Waals surface area contributed by atoms with E-state index in [0.717, 1.165) is 18.4 Å². The predicted octanol–water partition coefficient (Wildman–Crippen LogP) is 3.12. The highest BCUT2D eigenvalue weighted by Crippen LogP contribution is 2.19. The van der Waals surface area contributed by atoms with Gasteiger partial charge in [0.1, 0.15) is 11.4 Å². The molecule has 1 aromatic carbocycles. The number of nitrogens with zero attached hydrogens (tertiary/aromatic N) is 1. The Bertz CT molecular complexity index is 355. The van der Waals surface area contributed by atoms with E-state index < -0.39 is 5.60 Å². The smallest absolute Gasteiger partial charge is 0.149 e. The maximum Gasteiger partial charge on any atom is 0.149 e. The highest BCUT2D eigenvalue weighted by Gasteiger charge is 2.26. The van der Waals surface area contributed by atoms with Gasteiger partial charge in [0.05, 0.1) is 6.21 Å². The number of halogens is 2. The Morgan fingerprint density at radius 3 is 2.28 bits per heavy atom. The number of oxime groups is 1. The van der Waals surface area contributed by atoms with E-state index in [2.05, 4.69) is 5.16 Å². The van der Waals surface area contributed by atoms with Crippen LogP contribution in [0.4, 0.5) is 4.39 Å². The van der Waals surface area contributed by atoms with E-state index in [1.165, 1.54) is 12.1 Å². The molecule has 3 nitrogen and oxygen atoms in total. The monoisotopic (exact) mass is 274 g/mol. The van der Waals surface area contributed by atoms with Gasteiger partial charge in [-0.2, -0.15) is 0 Å². The third-order valence-corrected chi connectivity index (χ3v) is 2.98. The molecule has 0 amide bonds. The summed E-state index contributed by atoms with van der Waals surface area (Å²) in [7, 11) is 0. The van der Waals surface area contributed by atoms with Crippen molar-refractivity contribution in [1.82, 2.24) is 0 Å². The fraction of sp³-hybridized carbons (Fsp3) is 0.462. The van der Waals surface area contributed by atoms with Crippen LogP contribution in [0.1, 0.15) is 32.3 Å². The fourth-order valence-electron chi connectivity index (χ4n) is 1.45. The van der Waals surface area contributed by atoms with Gasteiger partial charge in [-0.15, -0.1) is 12.4 Å². The van der Waals surface area contributed by atoms with Gasteiger partial charge in [0.25, 0.3) is 0 Å². The number of hydrogen-bond donors (Lipinski definition) is 1. The number of rotatable bonds is 6. The maximum absolute atomic E-state index is 12.7. The lowest BCUT2D eigenvalue weighted by molar-refractivity contribution is -0.0410. The summed E-state index contributed by atoms with van der Waals surface area (Å²) in [6.07, 6.45) is 3.18. The third-order valence-electron chi connectivity index (χ3n) is 2.98. The van der Waals surface area contributed by atoms with Gasteiger partial charge in [-0.3, -0.25) is 0 Å². The first-order valence-electron chi connectivity index (χ1n) is 5.83. The quantitative estimate of drug-likeness (QED) is 0.640. The van der Waals surface area contributed by atoms with E-state index in [1.54, 1.807) is 18.3 Å². The topological polar surface area (TPSA) is 47.6 Å². The van der Waals surface area contributed by atoms with Crippen LogP contribution in [0.15, 0.2) is 29.4 Å². The molecule has 0 spiro atoms. The van der Waals surface area contributed by atoms with Crippen molar-refractivity contribution in [2.75, 3.05) is 6.54 Å². The first kappa shape index (κ1) is 16.9. The third kappa shape index (κ3) is 4.63. The molecule has 1 rings (SSSR count). The Labute approximate surface area is 114 Å². The van der Waals surface area contributed by atoms with Crippen molar-refractivity contribution in [2.24, 2.45) is 10.9 Å². The van der Waals surface area contributed by atoms with Gasteiger partial charge in [-0.25, -0.2) is 4.39 Å². The van der Waals surface area contributed by atoms with E-state index in [0.29, 0.717) is 6.54 Å². The zero-order valence-electron chi connectivity index (χ0n) is 10.7. The van der Waals surface area contributed by atoms with Crippen LogP contribution in [0.5, 0.6) is 0 Å². The summed E-state index contributed by atoms with van der Waals surface area (Å²) in [6.45, 7) is 4.47. The van der Waals surface area contributed by atoms with Crippen molar-refractivity contribution in [3.8, 4) is 0 Å². The van der Waals surface area contributed by atoms with Crippen LogP contribution in [0, 0.1) is 5.82 Å². The molecule has 0 radical (unpaired) electrons. The average Bonchev–Trinajstić information content (AvgIpc) is 2.38. The minimum Gasteiger partial charge on any atom is -0.388 e. The molecule has 5 heteroatoms. The minimum absolute atomic E-state index is 0. The second kappa shape index (κ2) is 8.06. The lowest BCUT2D eigenvalue weighted by atomic mass is 9.98. The predicted molar refractivity (Wildman–Crippen MR) is 74.7 cm³/mol. The van der Waals surface area contributed by atoms with Crippen molar-refractivity contribution in [1.29, 1.82) is 0 Å². The van der Waals surface area contributed by atoms with Gasteiger partial charge in [0.2, 0.25) is 0 Å². The average molecular weight is 275 g/mol. The summed E-state index contributed by atoms with van der Waals surface area (Å²) in [5, 5.41) is 3.93. The molecule has 2 N–H and O–H groups in total. The number of benzene rings is 1. The Morgan fingerprint density at radius 1 is 1.28 bits per heavy atom. The van der Waals surface area contributed by atoms with Gasteiger partial charge >= 0.3 is 0 Å². The van der Waals surface area contributed by atoms with Gasteiger partial charge in [-0.1, -0.05) is 31.1 Å². The summed E-state index contributed by atoms with van der Waals surface area (Å²) in [4.78, 5) is 5.46. The van der Waals surface area contributed by atoms with E-state index in [9.17, 15) is 4.39 Å². The van der Waals surface area contributed by atoms with Crippen molar-refractivity contribution in [3.05, 3.63) is 35.6 Å². The number of nitrogens with two attached hydrogens (primary N) is 1. The van der Waals surface area contributed by atoms with Crippen molar-refractivity contribution >= 4 is 18.6 Å². The zero-order valence-corrected chi connectivity index (χ0v) is 11.5. The van der Waals surface area contributed by atoms with E-state index in [-0.39, 0.29) is 18.2 Å². The summed E-state index contributed by atoms with van der Waals surface area (Å²) in [5.41, 5.74) is 6.08. The molecule has 1 aromatic rings. The molecule has 0 unspecified atom stereocenters. The lowest BCUT2D eigenvalue weighted by Crippen LogP contribution is -2.38. The highest BCUT2D eigenvalue weighted by molar-refractivity contribution is 5.85. The molecular weight excluding hydrogens is 255 g/mol.